The molecule has 0 aromatic heterocycles. The van der Waals surface area contributed by atoms with E-state index in [1.165, 1.54) is 24.0 Å². The number of guanidine groups is 1. The smallest absolute Gasteiger partial charge is 0.191 e. The first-order valence-electron chi connectivity index (χ1n) is 10.2. The fourth-order valence-corrected chi connectivity index (χ4v) is 3.85. The summed E-state index contributed by atoms with van der Waals surface area (Å²) in [6, 6.07) is 3.89. The average Bonchev–Trinajstić information content (AvgIpc) is 3.21. The Morgan fingerprint density at radius 3 is 2.89 bits per heavy atom. The highest BCUT2D eigenvalue weighted by Crippen LogP contribution is 2.30. The molecule has 0 spiro atoms. The van der Waals surface area contributed by atoms with E-state index in [1.54, 1.807) is 7.05 Å². The molecule has 0 radical (unpaired) electrons. The van der Waals surface area contributed by atoms with Crippen LogP contribution in [-0.4, -0.2) is 50.6 Å². The zero-order valence-electron chi connectivity index (χ0n) is 16.8. The highest BCUT2D eigenvalue weighted by molar-refractivity contribution is 14.0. The summed E-state index contributed by atoms with van der Waals surface area (Å²) in [5, 5.41) is 16.9. The summed E-state index contributed by atoms with van der Waals surface area (Å²) in [4.78, 5) is 4.28. The zero-order chi connectivity index (χ0) is 18.9. The molecule has 1 saturated heterocycles. The molecule has 2 aliphatic rings. The zero-order valence-corrected chi connectivity index (χ0v) is 19.2. The Balaban J connectivity index is 0.00000280. The second-order valence-corrected chi connectivity index (χ2v) is 7.32. The number of aliphatic imine (C=N–C) groups is 1. The van der Waals surface area contributed by atoms with Gasteiger partial charge in [0, 0.05) is 38.9 Å². The fourth-order valence-electron chi connectivity index (χ4n) is 3.85. The lowest BCUT2D eigenvalue weighted by atomic mass is 9.88. The number of aromatic hydroxyl groups is 1. The van der Waals surface area contributed by atoms with Crippen molar-refractivity contribution in [1.29, 1.82) is 0 Å². The summed E-state index contributed by atoms with van der Waals surface area (Å²) in [6.45, 7) is 3.67. The van der Waals surface area contributed by atoms with Gasteiger partial charge in [-0.05, 0) is 62.1 Å². The van der Waals surface area contributed by atoms with Gasteiger partial charge in [-0.1, -0.05) is 6.07 Å². The Hall–Kier alpha value is -1.06. The van der Waals surface area contributed by atoms with Crippen molar-refractivity contribution in [2.75, 3.05) is 33.4 Å². The lowest BCUT2D eigenvalue weighted by Crippen LogP contribution is -2.38. The fraction of sp³-hybridized carbons (Fsp3) is 0.667. The van der Waals surface area contributed by atoms with Crippen LogP contribution in [0, 0.1) is 0 Å². The number of hydrogen-bond donors (Lipinski definition) is 3. The molecule has 6 nitrogen and oxygen atoms in total. The molecule has 3 N–H and O–H groups in total. The first kappa shape index (κ1) is 23.2. The number of phenolic OH excluding ortho intramolecular Hbond substituents is 1. The summed E-state index contributed by atoms with van der Waals surface area (Å²) in [6.07, 6.45) is 8.07. The average molecular weight is 503 g/mol. The number of fused-ring (bicyclic) bond motifs is 1. The number of phenols is 1. The van der Waals surface area contributed by atoms with Gasteiger partial charge < -0.3 is 25.2 Å². The van der Waals surface area contributed by atoms with Crippen LogP contribution in [0.4, 0.5) is 0 Å². The highest BCUT2D eigenvalue weighted by atomic mass is 127. The number of ether oxygens (including phenoxy) is 2. The number of aryl methyl sites for hydroxylation is 1. The number of hydrogen-bond acceptors (Lipinski definition) is 4. The van der Waals surface area contributed by atoms with Gasteiger partial charge in [0.25, 0.3) is 0 Å². The molecule has 1 atom stereocenters. The van der Waals surface area contributed by atoms with Gasteiger partial charge in [-0.2, -0.15) is 0 Å². The quantitative estimate of drug-likeness (QED) is 0.220. The van der Waals surface area contributed by atoms with E-state index >= 15 is 0 Å². The summed E-state index contributed by atoms with van der Waals surface area (Å²) in [5.41, 5.74) is 3.70. The molecule has 158 valence electrons. The van der Waals surface area contributed by atoms with Gasteiger partial charge in [0.15, 0.2) is 5.96 Å². The minimum absolute atomic E-state index is 0. The SMILES string of the molecule is CN=C(NCCCOCC1CCCO1)NCc1c(O)ccc2c1CCCC2.I. The number of nitrogens with zero attached hydrogens (tertiary/aromatic N) is 1. The summed E-state index contributed by atoms with van der Waals surface area (Å²) >= 11 is 0. The van der Waals surface area contributed by atoms with Gasteiger partial charge in [0.05, 0.1) is 12.7 Å². The monoisotopic (exact) mass is 503 g/mol. The minimum atomic E-state index is 0. The van der Waals surface area contributed by atoms with E-state index in [9.17, 15) is 5.11 Å². The second-order valence-electron chi connectivity index (χ2n) is 7.32. The van der Waals surface area contributed by atoms with Crippen LogP contribution in [0.3, 0.4) is 0 Å². The Bertz CT molecular complexity index is 634. The van der Waals surface area contributed by atoms with E-state index in [-0.39, 0.29) is 30.1 Å². The third-order valence-electron chi connectivity index (χ3n) is 5.37. The van der Waals surface area contributed by atoms with E-state index < -0.39 is 0 Å². The molecular formula is C21H34IN3O3. The van der Waals surface area contributed by atoms with Gasteiger partial charge >= 0.3 is 0 Å². The molecule has 28 heavy (non-hydrogen) atoms. The maximum absolute atomic E-state index is 10.3. The molecular weight excluding hydrogens is 469 g/mol. The molecule has 7 heteroatoms. The molecule has 1 unspecified atom stereocenters. The van der Waals surface area contributed by atoms with Crippen LogP contribution in [0.15, 0.2) is 17.1 Å². The lowest BCUT2D eigenvalue weighted by Gasteiger charge is -2.21. The third kappa shape index (κ3) is 6.77. The third-order valence-corrected chi connectivity index (χ3v) is 5.37. The van der Waals surface area contributed by atoms with Crippen LogP contribution in [0.5, 0.6) is 5.75 Å². The normalized spacial score (nSPS) is 19.0. The maximum atomic E-state index is 10.3. The molecule has 1 fully saturated rings. The highest BCUT2D eigenvalue weighted by Gasteiger charge is 2.17. The Kier molecular flexibility index (Phi) is 10.4. The molecule has 1 aliphatic carbocycles. The predicted molar refractivity (Wildman–Crippen MR) is 123 cm³/mol. The predicted octanol–water partition coefficient (Wildman–Crippen LogP) is 3.14. The van der Waals surface area contributed by atoms with E-state index in [2.05, 4.69) is 21.7 Å². The summed E-state index contributed by atoms with van der Waals surface area (Å²) in [5.74, 6) is 1.13. The van der Waals surface area contributed by atoms with Gasteiger partial charge in [-0.25, -0.2) is 0 Å². The first-order valence-corrected chi connectivity index (χ1v) is 10.2. The van der Waals surface area contributed by atoms with Crippen LogP contribution >= 0.6 is 24.0 Å². The van der Waals surface area contributed by atoms with Crippen LogP contribution in [0.1, 0.15) is 48.8 Å². The molecule has 1 heterocycles. The van der Waals surface area contributed by atoms with E-state index in [4.69, 9.17) is 9.47 Å². The molecule has 3 rings (SSSR count). The topological polar surface area (TPSA) is 75.1 Å². The van der Waals surface area contributed by atoms with Crippen molar-refractivity contribution in [2.24, 2.45) is 4.99 Å². The molecule has 1 aromatic carbocycles. The number of benzene rings is 1. The van der Waals surface area contributed by atoms with Crippen molar-refractivity contribution in [3.8, 4) is 5.75 Å². The summed E-state index contributed by atoms with van der Waals surface area (Å²) < 4.78 is 11.2. The molecule has 0 bridgehead atoms. The number of nitrogens with one attached hydrogen (secondary N) is 2. The standard InChI is InChI=1S/C21H33N3O3.HI/c1-22-21(23-11-5-12-26-15-17-7-4-13-27-17)24-14-19-18-8-3-2-6-16(18)9-10-20(19)25;/h9-10,17,25H,2-8,11-15H2,1H3,(H2,22,23,24);1H. The lowest BCUT2D eigenvalue weighted by molar-refractivity contribution is 0.0168. The van der Waals surface area contributed by atoms with Crippen LogP contribution in [0.25, 0.3) is 0 Å². The van der Waals surface area contributed by atoms with Gasteiger partial charge in [0.1, 0.15) is 5.75 Å². The Labute approximate surface area is 185 Å². The molecule has 0 saturated carbocycles. The number of rotatable bonds is 8. The van der Waals surface area contributed by atoms with Crippen LogP contribution in [-0.2, 0) is 28.9 Å². The minimum Gasteiger partial charge on any atom is -0.508 e. The van der Waals surface area contributed by atoms with Gasteiger partial charge in [0.2, 0.25) is 0 Å². The van der Waals surface area contributed by atoms with Crippen molar-refractivity contribution in [3.63, 3.8) is 0 Å². The van der Waals surface area contributed by atoms with E-state index in [0.29, 0.717) is 18.9 Å². The van der Waals surface area contributed by atoms with Crippen molar-refractivity contribution in [2.45, 2.75) is 57.6 Å². The van der Waals surface area contributed by atoms with Crippen molar-refractivity contribution in [1.82, 2.24) is 10.6 Å². The second kappa shape index (κ2) is 12.5. The maximum Gasteiger partial charge on any atom is 0.191 e. The van der Waals surface area contributed by atoms with Crippen molar-refractivity contribution in [3.05, 3.63) is 28.8 Å². The molecule has 0 amide bonds. The largest absolute Gasteiger partial charge is 0.508 e. The number of halogens is 1. The Morgan fingerprint density at radius 2 is 2.11 bits per heavy atom. The van der Waals surface area contributed by atoms with E-state index in [0.717, 1.165) is 63.4 Å². The van der Waals surface area contributed by atoms with Gasteiger partial charge in [-0.3, -0.25) is 4.99 Å². The van der Waals surface area contributed by atoms with Crippen molar-refractivity contribution >= 4 is 29.9 Å². The van der Waals surface area contributed by atoms with Crippen LogP contribution in [0.2, 0.25) is 0 Å². The molecule has 1 aromatic rings. The summed E-state index contributed by atoms with van der Waals surface area (Å²) in [7, 11) is 1.77. The first-order chi connectivity index (χ1) is 13.3. The van der Waals surface area contributed by atoms with E-state index in [1.807, 2.05) is 6.07 Å². The van der Waals surface area contributed by atoms with Gasteiger partial charge in [-0.15, -0.1) is 24.0 Å². The Morgan fingerprint density at radius 1 is 1.25 bits per heavy atom. The van der Waals surface area contributed by atoms with Crippen molar-refractivity contribution < 1.29 is 14.6 Å². The molecule has 1 aliphatic heterocycles. The van der Waals surface area contributed by atoms with Crippen LogP contribution < -0.4 is 10.6 Å².